The minimum Gasteiger partial charge on any atom is -0.475 e. The van der Waals surface area contributed by atoms with Crippen LogP contribution in [-0.2, 0) is 4.79 Å². The number of halogens is 6. The number of carboxylic acids is 1. The SMILES string of the molecule is CC(C)Nc1nc2cnncc2nc1N1CCC(C(F)c2ccc(F)cc2F)CC1.O=C(O)C(F)(F)F. The number of aromatic nitrogens is 4. The number of rotatable bonds is 5. The van der Waals surface area contributed by atoms with Gasteiger partial charge in [-0.05, 0) is 38.7 Å². The lowest BCUT2D eigenvalue weighted by Gasteiger charge is -2.35. The Bertz CT molecular complexity index is 1230. The topological polar surface area (TPSA) is 104 Å². The minimum atomic E-state index is -5.08. The highest BCUT2D eigenvalue weighted by atomic mass is 19.4. The van der Waals surface area contributed by atoms with E-state index in [1.54, 1.807) is 12.4 Å². The third kappa shape index (κ3) is 7.17. The molecule has 200 valence electrons. The molecule has 1 saturated heterocycles. The number of hydrogen-bond donors (Lipinski definition) is 2. The maximum atomic E-state index is 15.0. The van der Waals surface area contributed by atoms with Gasteiger partial charge in [-0.15, -0.1) is 0 Å². The van der Waals surface area contributed by atoms with Crippen molar-refractivity contribution in [2.45, 2.75) is 45.1 Å². The van der Waals surface area contributed by atoms with Crippen LogP contribution in [0, 0.1) is 17.6 Å². The number of hydrogen-bond acceptors (Lipinski definition) is 7. The standard InChI is InChI=1S/C21H23F3N6.C2HF3O2/c1-12(2)27-20-21(29-18-11-26-25-10-17(18)28-20)30-7-5-13(6-8-30)19(24)15-4-3-14(22)9-16(15)23;3-2(4,5)1(6)7/h3-4,9-13,19H,5-8H2,1-2H3,(H,27,28);(H,6,7). The van der Waals surface area contributed by atoms with Gasteiger partial charge in [0.05, 0.1) is 12.4 Å². The van der Waals surface area contributed by atoms with Crippen molar-refractivity contribution in [3.8, 4) is 0 Å². The molecule has 14 heteroatoms. The Kier molecular flexibility index (Phi) is 8.71. The van der Waals surface area contributed by atoms with E-state index >= 15 is 0 Å². The molecule has 1 aromatic carbocycles. The van der Waals surface area contributed by atoms with Crippen molar-refractivity contribution in [3.05, 3.63) is 47.8 Å². The second-order valence-corrected chi connectivity index (χ2v) is 8.65. The predicted molar refractivity (Wildman–Crippen MR) is 123 cm³/mol. The van der Waals surface area contributed by atoms with Crippen molar-refractivity contribution in [3.63, 3.8) is 0 Å². The van der Waals surface area contributed by atoms with Crippen LogP contribution in [0.1, 0.15) is 38.4 Å². The molecule has 1 aliphatic rings. The van der Waals surface area contributed by atoms with Crippen molar-refractivity contribution in [1.82, 2.24) is 20.2 Å². The molecule has 0 saturated carbocycles. The molecule has 0 aliphatic carbocycles. The van der Waals surface area contributed by atoms with Gasteiger partial charge in [0.2, 0.25) is 0 Å². The summed E-state index contributed by atoms with van der Waals surface area (Å²) in [6.07, 6.45) is -2.39. The molecular formula is C23H24F6N6O2. The summed E-state index contributed by atoms with van der Waals surface area (Å²) >= 11 is 0. The minimum absolute atomic E-state index is 0.0823. The normalized spacial score (nSPS) is 15.3. The fourth-order valence-corrected chi connectivity index (χ4v) is 3.79. The summed E-state index contributed by atoms with van der Waals surface area (Å²) in [6, 6.07) is 3.17. The molecule has 1 unspecified atom stereocenters. The van der Waals surface area contributed by atoms with Crippen LogP contribution in [0.4, 0.5) is 38.0 Å². The Hall–Kier alpha value is -3.71. The van der Waals surface area contributed by atoms with Gasteiger partial charge in [0.25, 0.3) is 0 Å². The Labute approximate surface area is 207 Å². The van der Waals surface area contributed by atoms with Gasteiger partial charge in [0.1, 0.15) is 28.8 Å². The Morgan fingerprint density at radius 2 is 1.65 bits per heavy atom. The lowest BCUT2D eigenvalue weighted by molar-refractivity contribution is -0.192. The quantitative estimate of drug-likeness (QED) is 0.441. The highest BCUT2D eigenvalue weighted by Crippen LogP contribution is 2.37. The summed E-state index contributed by atoms with van der Waals surface area (Å²) in [4.78, 5) is 20.3. The fourth-order valence-electron chi connectivity index (χ4n) is 3.79. The molecule has 4 rings (SSSR count). The molecule has 3 heterocycles. The highest BCUT2D eigenvalue weighted by Gasteiger charge is 2.38. The molecule has 1 atom stereocenters. The summed E-state index contributed by atoms with van der Waals surface area (Å²) in [5.41, 5.74) is 1.19. The first-order valence-electron chi connectivity index (χ1n) is 11.3. The maximum absolute atomic E-state index is 15.0. The zero-order chi connectivity index (χ0) is 27.3. The first kappa shape index (κ1) is 27.9. The number of carbonyl (C=O) groups is 1. The molecule has 0 spiro atoms. The molecular weight excluding hydrogens is 506 g/mol. The van der Waals surface area contributed by atoms with Gasteiger partial charge < -0.3 is 15.3 Å². The fraction of sp³-hybridized carbons (Fsp3) is 0.435. The van der Waals surface area contributed by atoms with Crippen LogP contribution < -0.4 is 10.2 Å². The first-order chi connectivity index (χ1) is 17.4. The predicted octanol–water partition coefficient (Wildman–Crippen LogP) is 5.08. The number of fused-ring (bicyclic) bond motifs is 1. The lowest BCUT2D eigenvalue weighted by atomic mass is 9.88. The molecule has 1 aliphatic heterocycles. The molecule has 2 aromatic heterocycles. The van der Waals surface area contributed by atoms with E-state index in [9.17, 15) is 26.3 Å². The number of anilines is 2. The Balaban J connectivity index is 0.000000479. The monoisotopic (exact) mass is 530 g/mol. The number of aliphatic carboxylic acids is 1. The largest absolute Gasteiger partial charge is 0.490 e. The second kappa shape index (κ2) is 11.6. The molecule has 8 nitrogen and oxygen atoms in total. The van der Waals surface area contributed by atoms with Gasteiger partial charge in [-0.3, -0.25) is 0 Å². The third-order valence-electron chi connectivity index (χ3n) is 5.54. The van der Waals surface area contributed by atoms with Gasteiger partial charge in [-0.2, -0.15) is 23.4 Å². The van der Waals surface area contributed by atoms with Crippen molar-refractivity contribution in [2.24, 2.45) is 5.92 Å². The number of nitrogens with one attached hydrogen (secondary N) is 1. The Morgan fingerprint density at radius 1 is 1.08 bits per heavy atom. The van der Waals surface area contributed by atoms with E-state index < -0.39 is 30.0 Å². The van der Waals surface area contributed by atoms with Crippen molar-refractivity contribution in [1.29, 1.82) is 0 Å². The average Bonchev–Trinajstić information content (AvgIpc) is 2.83. The summed E-state index contributed by atoms with van der Waals surface area (Å²) in [7, 11) is 0. The summed E-state index contributed by atoms with van der Waals surface area (Å²) in [6.45, 7) is 5.13. The van der Waals surface area contributed by atoms with E-state index in [2.05, 4.69) is 25.4 Å². The maximum Gasteiger partial charge on any atom is 0.490 e. The summed E-state index contributed by atoms with van der Waals surface area (Å²) < 4.78 is 73.8. The van der Waals surface area contributed by atoms with Gasteiger partial charge in [0.15, 0.2) is 11.6 Å². The van der Waals surface area contributed by atoms with E-state index in [1.807, 2.05) is 13.8 Å². The van der Waals surface area contributed by atoms with Crippen LogP contribution in [0.3, 0.4) is 0 Å². The van der Waals surface area contributed by atoms with E-state index in [1.165, 1.54) is 6.07 Å². The lowest BCUT2D eigenvalue weighted by Crippen LogP contribution is -2.36. The summed E-state index contributed by atoms with van der Waals surface area (Å²) in [5, 5.41) is 18.2. The van der Waals surface area contributed by atoms with Crippen LogP contribution in [-0.4, -0.2) is 56.5 Å². The molecule has 0 radical (unpaired) electrons. The van der Waals surface area contributed by atoms with Gasteiger partial charge >= 0.3 is 12.1 Å². The van der Waals surface area contributed by atoms with Crippen LogP contribution in [0.15, 0.2) is 30.6 Å². The average molecular weight is 530 g/mol. The molecule has 0 bridgehead atoms. The van der Waals surface area contributed by atoms with E-state index in [4.69, 9.17) is 14.9 Å². The number of alkyl halides is 4. The van der Waals surface area contributed by atoms with Crippen LogP contribution >= 0.6 is 0 Å². The van der Waals surface area contributed by atoms with Crippen LogP contribution in [0.25, 0.3) is 11.0 Å². The molecule has 3 aromatic rings. The highest BCUT2D eigenvalue weighted by molar-refractivity contribution is 5.79. The first-order valence-corrected chi connectivity index (χ1v) is 11.3. The number of benzene rings is 1. The van der Waals surface area contributed by atoms with E-state index in [0.717, 1.165) is 12.1 Å². The van der Waals surface area contributed by atoms with E-state index in [0.29, 0.717) is 48.6 Å². The zero-order valence-corrected chi connectivity index (χ0v) is 19.8. The van der Waals surface area contributed by atoms with E-state index in [-0.39, 0.29) is 17.5 Å². The molecule has 0 amide bonds. The number of carboxylic acid groups (broad SMARTS) is 1. The molecule has 37 heavy (non-hydrogen) atoms. The Morgan fingerprint density at radius 3 is 2.16 bits per heavy atom. The molecule has 2 N–H and O–H groups in total. The zero-order valence-electron chi connectivity index (χ0n) is 19.8. The number of piperidine rings is 1. The third-order valence-corrected chi connectivity index (χ3v) is 5.54. The van der Waals surface area contributed by atoms with Crippen molar-refractivity contribution >= 4 is 28.6 Å². The van der Waals surface area contributed by atoms with Gasteiger partial charge in [0, 0.05) is 30.8 Å². The van der Waals surface area contributed by atoms with Crippen molar-refractivity contribution < 1.29 is 36.2 Å². The second-order valence-electron chi connectivity index (χ2n) is 8.65. The van der Waals surface area contributed by atoms with Gasteiger partial charge in [-0.25, -0.2) is 27.9 Å². The van der Waals surface area contributed by atoms with Gasteiger partial charge in [-0.1, -0.05) is 6.07 Å². The van der Waals surface area contributed by atoms with Crippen LogP contribution in [0.2, 0.25) is 0 Å². The van der Waals surface area contributed by atoms with Crippen LogP contribution in [0.5, 0.6) is 0 Å². The van der Waals surface area contributed by atoms with Crippen molar-refractivity contribution in [2.75, 3.05) is 23.3 Å². The smallest absolute Gasteiger partial charge is 0.475 e. The summed E-state index contributed by atoms with van der Waals surface area (Å²) in [5.74, 6) is -3.32. The molecule has 1 fully saturated rings. The number of nitrogens with zero attached hydrogens (tertiary/aromatic N) is 5.